The minimum Gasteiger partial charge on any atom is -0.493 e. The number of nitriles is 1. The summed E-state index contributed by atoms with van der Waals surface area (Å²) >= 11 is 0. The van der Waals surface area contributed by atoms with Gasteiger partial charge >= 0.3 is 6.03 Å². The van der Waals surface area contributed by atoms with Crippen molar-refractivity contribution >= 4 is 6.03 Å². The Balaban J connectivity index is 1.20. The zero-order valence-electron chi connectivity index (χ0n) is 23.8. The number of carbonyl (C=O) groups excluding carboxylic acids is 1. The van der Waals surface area contributed by atoms with Crippen LogP contribution in [-0.2, 0) is 0 Å². The van der Waals surface area contributed by atoms with Crippen LogP contribution in [0, 0.1) is 11.3 Å². The molecule has 214 valence electrons. The summed E-state index contributed by atoms with van der Waals surface area (Å²) in [6.07, 6.45) is 9.92. The quantitative estimate of drug-likeness (QED) is 0.413. The van der Waals surface area contributed by atoms with Crippen molar-refractivity contribution in [2.24, 2.45) is 0 Å². The zero-order valence-corrected chi connectivity index (χ0v) is 23.8. The number of rotatable bonds is 10. The van der Waals surface area contributed by atoms with Crippen LogP contribution in [0.3, 0.4) is 0 Å². The first-order valence-corrected chi connectivity index (χ1v) is 14.8. The van der Waals surface area contributed by atoms with Crippen molar-refractivity contribution in [3.63, 3.8) is 0 Å². The molecule has 8 nitrogen and oxygen atoms in total. The summed E-state index contributed by atoms with van der Waals surface area (Å²) in [6.45, 7) is 2.61. The monoisotopic (exact) mass is 546 g/mol. The van der Waals surface area contributed by atoms with Gasteiger partial charge in [0, 0.05) is 37.3 Å². The van der Waals surface area contributed by atoms with Crippen LogP contribution in [0.15, 0.2) is 42.5 Å². The number of carbonyl (C=O) groups is 1. The van der Waals surface area contributed by atoms with E-state index in [4.69, 9.17) is 14.2 Å². The van der Waals surface area contributed by atoms with E-state index < -0.39 is 0 Å². The van der Waals surface area contributed by atoms with E-state index in [0.29, 0.717) is 40.9 Å². The highest BCUT2D eigenvalue weighted by Crippen LogP contribution is 2.35. The van der Waals surface area contributed by atoms with Crippen LogP contribution in [0.1, 0.15) is 75.0 Å². The lowest BCUT2D eigenvalue weighted by Crippen LogP contribution is -2.58. The number of urea groups is 1. The van der Waals surface area contributed by atoms with Gasteiger partial charge in [-0.25, -0.2) is 4.79 Å². The summed E-state index contributed by atoms with van der Waals surface area (Å²) < 4.78 is 17.3. The minimum absolute atomic E-state index is 0.132. The fourth-order valence-corrected chi connectivity index (χ4v) is 6.61. The zero-order chi connectivity index (χ0) is 27.9. The first-order valence-electron chi connectivity index (χ1n) is 14.8. The van der Waals surface area contributed by atoms with Crippen molar-refractivity contribution in [2.45, 2.75) is 82.0 Å². The Hall–Kier alpha value is -3.44. The molecule has 2 aromatic rings. The second kappa shape index (κ2) is 13.3. The highest BCUT2D eigenvalue weighted by molar-refractivity contribution is 5.74. The molecule has 3 atom stereocenters. The van der Waals surface area contributed by atoms with Gasteiger partial charge in [0.15, 0.2) is 11.5 Å². The number of likely N-dealkylation sites (tertiary alicyclic amines) is 1. The standard InChI is InChI=1S/C32H42N4O4/c1-38-30-17-16-28(19-31(30)39-2)40-29(24-12-10-23(20-33)11-13-24)9-6-18-36-26-14-15-27(36)22-35(21-26)32(37)34-25-7-4-3-5-8-25/h10-13,16-17,19,25-27,29H,3-9,14-15,18,21-22H2,1-2H3,(H,34,37). The Bertz CT molecular complexity index is 1160. The van der Waals surface area contributed by atoms with Gasteiger partial charge in [-0.05, 0) is 74.9 Å². The first-order chi connectivity index (χ1) is 19.6. The number of ether oxygens (including phenoxy) is 3. The molecule has 0 radical (unpaired) electrons. The molecule has 2 amide bonds. The summed E-state index contributed by atoms with van der Waals surface area (Å²) in [6, 6.07) is 16.8. The van der Waals surface area contributed by atoms with Crippen molar-refractivity contribution in [1.29, 1.82) is 5.26 Å². The van der Waals surface area contributed by atoms with E-state index in [0.717, 1.165) is 63.7 Å². The number of hydrogen-bond donors (Lipinski definition) is 1. The third kappa shape index (κ3) is 6.64. The summed E-state index contributed by atoms with van der Waals surface area (Å²) in [5, 5.41) is 12.6. The van der Waals surface area contributed by atoms with E-state index in [1.807, 2.05) is 42.5 Å². The largest absolute Gasteiger partial charge is 0.493 e. The number of methoxy groups -OCH3 is 2. The maximum atomic E-state index is 13.0. The maximum Gasteiger partial charge on any atom is 0.317 e. The van der Waals surface area contributed by atoms with Gasteiger partial charge in [0.2, 0.25) is 0 Å². The highest BCUT2D eigenvalue weighted by Gasteiger charge is 2.41. The Labute approximate surface area is 238 Å². The normalized spacial score (nSPS) is 21.9. The maximum absolute atomic E-state index is 13.0. The molecule has 3 unspecified atom stereocenters. The summed E-state index contributed by atoms with van der Waals surface area (Å²) in [5.41, 5.74) is 1.68. The average molecular weight is 547 g/mol. The van der Waals surface area contributed by atoms with Crippen molar-refractivity contribution in [3.05, 3.63) is 53.6 Å². The number of nitrogens with zero attached hydrogens (tertiary/aromatic N) is 3. The third-order valence-electron chi connectivity index (χ3n) is 8.78. The smallest absolute Gasteiger partial charge is 0.317 e. The van der Waals surface area contributed by atoms with Crippen LogP contribution >= 0.6 is 0 Å². The molecule has 2 saturated heterocycles. The molecule has 40 heavy (non-hydrogen) atoms. The molecular formula is C32H42N4O4. The van der Waals surface area contributed by atoms with Crippen LogP contribution in [0.2, 0.25) is 0 Å². The van der Waals surface area contributed by atoms with Crippen LogP contribution in [0.5, 0.6) is 17.2 Å². The predicted octanol–water partition coefficient (Wildman–Crippen LogP) is 5.67. The molecule has 3 aliphatic rings. The van der Waals surface area contributed by atoms with Gasteiger partial charge in [0.25, 0.3) is 0 Å². The fraction of sp³-hybridized carbons (Fsp3) is 0.562. The van der Waals surface area contributed by atoms with Gasteiger partial charge in [-0.15, -0.1) is 0 Å². The molecule has 0 aromatic heterocycles. The van der Waals surface area contributed by atoms with Gasteiger partial charge in [0.1, 0.15) is 11.9 Å². The number of fused-ring (bicyclic) bond motifs is 2. The lowest BCUT2D eigenvalue weighted by molar-refractivity contribution is 0.0759. The van der Waals surface area contributed by atoms with Crippen molar-refractivity contribution < 1.29 is 19.0 Å². The summed E-state index contributed by atoms with van der Waals surface area (Å²) in [4.78, 5) is 17.7. The number of hydrogen-bond acceptors (Lipinski definition) is 6. The Morgan fingerprint density at radius 2 is 1.68 bits per heavy atom. The van der Waals surface area contributed by atoms with Gasteiger partial charge in [-0.1, -0.05) is 31.4 Å². The van der Waals surface area contributed by atoms with Crippen LogP contribution in [0.4, 0.5) is 4.79 Å². The molecule has 1 aliphatic carbocycles. The second-order valence-corrected chi connectivity index (χ2v) is 11.3. The molecule has 8 heteroatoms. The number of amides is 2. The van der Waals surface area contributed by atoms with E-state index in [2.05, 4.69) is 21.2 Å². The van der Waals surface area contributed by atoms with Crippen molar-refractivity contribution in [3.8, 4) is 23.3 Å². The van der Waals surface area contributed by atoms with Crippen molar-refractivity contribution in [2.75, 3.05) is 33.9 Å². The molecule has 5 rings (SSSR count). The van der Waals surface area contributed by atoms with Gasteiger partial charge < -0.3 is 24.4 Å². The highest BCUT2D eigenvalue weighted by atomic mass is 16.5. The van der Waals surface area contributed by atoms with Crippen LogP contribution in [-0.4, -0.2) is 67.8 Å². The molecule has 2 heterocycles. The number of piperazine rings is 1. The topological polar surface area (TPSA) is 87.1 Å². The molecule has 3 fully saturated rings. The van der Waals surface area contributed by atoms with E-state index in [-0.39, 0.29) is 12.1 Å². The first kappa shape index (κ1) is 28.1. The van der Waals surface area contributed by atoms with Gasteiger partial charge in [-0.2, -0.15) is 5.26 Å². The average Bonchev–Trinajstić information content (AvgIpc) is 3.22. The van der Waals surface area contributed by atoms with Crippen LogP contribution < -0.4 is 19.5 Å². The van der Waals surface area contributed by atoms with Crippen LogP contribution in [0.25, 0.3) is 0 Å². The van der Waals surface area contributed by atoms with Gasteiger partial charge in [-0.3, -0.25) is 4.90 Å². The van der Waals surface area contributed by atoms with E-state index in [9.17, 15) is 10.1 Å². The molecule has 2 aromatic carbocycles. The molecular weight excluding hydrogens is 504 g/mol. The van der Waals surface area contributed by atoms with E-state index in [1.54, 1.807) is 14.2 Å². The third-order valence-corrected chi connectivity index (χ3v) is 8.78. The summed E-state index contributed by atoms with van der Waals surface area (Å²) in [7, 11) is 3.24. The lowest BCUT2D eigenvalue weighted by atomic mass is 9.96. The minimum atomic E-state index is -0.161. The lowest BCUT2D eigenvalue weighted by Gasteiger charge is -2.41. The molecule has 0 spiro atoms. The number of benzene rings is 2. The Kier molecular flexibility index (Phi) is 9.33. The van der Waals surface area contributed by atoms with Gasteiger partial charge in [0.05, 0.1) is 25.9 Å². The van der Waals surface area contributed by atoms with E-state index in [1.165, 1.54) is 19.3 Å². The Morgan fingerprint density at radius 1 is 0.975 bits per heavy atom. The predicted molar refractivity (Wildman–Crippen MR) is 154 cm³/mol. The fourth-order valence-electron chi connectivity index (χ4n) is 6.61. The molecule has 2 bridgehead atoms. The molecule has 2 aliphatic heterocycles. The second-order valence-electron chi connectivity index (χ2n) is 11.3. The Morgan fingerprint density at radius 3 is 2.33 bits per heavy atom. The molecule has 1 saturated carbocycles. The van der Waals surface area contributed by atoms with E-state index >= 15 is 0 Å². The number of nitrogens with one attached hydrogen (secondary N) is 1. The summed E-state index contributed by atoms with van der Waals surface area (Å²) in [5.74, 6) is 2.00. The van der Waals surface area contributed by atoms with Crippen molar-refractivity contribution in [1.82, 2.24) is 15.1 Å². The SMILES string of the molecule is COc1ccc(OC(CCCN2C3CCC2CN(C(=O)NC2CCCCC2)C3)c2ccc(C#N)cc2)cc1OC. The molecule has 1 N–H and O–H groups in total.